The fraction of sp³-hybridized carbons (Fsp3) is 0. The molecule has 0 aliphatic rings. The van der Waals surface area contributed by atoms with E-state index in [1.807, 2.05) is 78.9 Å². The molecule has 0 spiro atoms. The van der Waals surface area contributed by atoms with Crippen molar-refractivity contribution in [2.45, 2.75) is 4.90 Å². The lowest BCUT2D eigenvalue weighted by atomic mass is 10.1. The second-order valence-electron chi connectivity index (χ2n) is 6.85. The van der Waals surface area contributed by atoms with Crippen LogP contribution >= 0.6 is 0 Å². The van der Waals surface area contributed by atoms with Crippen molar-refractivity contribution < 1.29 is 13.0 Å². The van der Waals surface area contributed by atoms with E-state index >= 15 is 0 Å². The minimum absolute atomic E-state index is 0.0173. The molecule has 0 fully saturated rings. The van der Waals surface area contributed by atoms with Crippen LogP contribution in [0.2, 0.25) is 0 Å². The van der Waals surface area contributed by atoms with Crippen LogP contribution in [0.15, 0.2) is 112 Å². The molecule has 0 unspecified atom stereocenters. The second-order valence-corrected chi connectivity index (χ2v) is 8.45. The van der Waals surface area contributed by atoms with Gasteiger partial charge in [0, 0.05) is 35.4 Å². The van der Waals surface area contributed by atoms with Gasteiger partial charge in [0.2, 0.25) is 23.0 Å². The van der Waals surface area contributed by atoms with E-state index in [4.69, 9.17) is 11.5 Å². The SMILES string of the molecule is NC(N)=NS(=O)(=O)c1ccc(-[n+]2c(-c3ccccc3)cccc2-c2ccccc2)cc1. The first kappa shape index (κ1) is 20.3. The van der Waals surface area contributed by atoms with Crippen LogP contribution in [-0.2, 0) is 10.0 Å². The van der Waals surface area contributed by atoms with Crippen molar-refractivity contribution in [3.05, 3.63) is 103 Å². The average Bonchev–Trinajstić information content (AvgIpc) is 2.79. The second kappa shape index (κ2) is 8.41. The topological polar surface area (TPSA) is 102 Å². The Hall–Kier alpha value is -3.97. The van der Waals surface area contributed by atoms with Gasteiger partial charge in [-0.15, -0.1) is 4.40 Å². The summed E-state index contributed by atoms with van der Waals surface area (Å²) in [6, 6.07) is 32.6. The van der Waals surface area contributed by atoms with Crippen molar-refractivity contribution >= 4 is 16.0 Å². The molecule has 3 aromatic carbocycles. The third-order valence-corrected chi connectivity index (χ3v) is 6.07. The van der Waals surface area contributed by atoms with E-state index in [-0.39, 0.29) is 4.90 Å². The zero-order chi connectivity index (χ0) is 21.8. The van der Waals surface area contributed by atoms with Gasteiger partial charge in [-0.2, -0.15) is 13.0 Å². The summed E-state index contributed by atoms with van der Waals surface area (Å²) < 4.78 is 30.1. The van der Waals surface area contributed by atoms with E-state index < -0.39 is 16.0 Å². The van der Waals surface area contributed by atoms with E-state index in [0.717, 1.165) is 28.2 Å². The summed E-state index contributed by atoms with van der Waals surface area (Å²) in [6.07, 6.45) is 0. The van der Waals surface area contributed by atoms with E-state index in [9.17, 15) is 8.42 Å². The molecule has 0 amide bonds. The first-order valence-corrected chi connectivity index (χ1v) is 11.0. The molecule has 4 N–H and O–H groups in total. The van der Waals surface area contributed by atoms with Gasteiger partial charge in [0.1, 0.15) is 0 Å². The Bertz CT molecular complexity index is 1270. The molecule has 0 radical (unpaired) electrons. The van der Waals surface area contributed by atoms with Crippen molar-refractivity contribution in [2.75, 3.05) is 0 Å². The van der Waals surface area contributed by atoms with Crippen LogP contribution in [0.1, 0.15) is 0 Å². The molecular formula is C24H21N4O2S+. The molecule has 0 bridgehead atoms. The van der Waals surface area contributed by atoms with Crippen LogP contribution in [0.25, 0.3) is 28.2 Å². The number of nitrogens with zero attached hydrogens (tertiary/aromatic N) is 2. The van der Waals surface area contributed by atoms with E-state index in [1.54, 1.807) is 12.1 Å². The Balaban J connectivity index is 1.92. The predicted octanol–water partition coefficient (Wildman–Crippen LogP) is 3.26. The fourth-order valence-corrected chi connectivity index (χ4v) is 4.28. The fourth-order valence-electron chi connectivity index (χ4n) is 3.41. The summed E-state index contributed by atoms with van der Waals surface area (Å²) in [5.74, 6) is -0.501. The van der Waals surface area contributed by atoms with Crippen molar-refractivity contribution in [3.8, 4) is 28.2 Å². The molecule has 0 atom stereocenters. The molecule has 0 aliphatic carbocycles. The molecule has 31 heavy (non-hydrogen) atoms. The number of benzene rings is 3. The maximum absolute atomic E-state index is 12.3. The van der Waals surface area contributed by atoms with Crippen LogP contribution in [0.5, 0.6) is 0 Å². The summed E-state index contributed by atoms with van der Waals surface area (Å²) in [5, 5.41) is 0. The maximum atomic E-state index is 12.3. The minimum atomic E-state index is -3.95. The zero-order valence-corrected chi connectivity index (χ0v) is 17.4. The van der Waals surface area contributed by atoms with Crippen molar-refractivity contribution in [2.24, 2.45) is 15.9 Å². The van der Waals surface area contributed by atoms with Gasteiger partial charge in [-0.05, 0) is 42.5 Å². The molecule has 0 saturated heterocycles. The lowest BCUT2D eigenvalue weighted by molar-refractivity contribution is -0.572. The Morgan fingerprint density at radius 3 is 1.58 bits per heavy atom. The Kier molecular flexibility index (Phi) is 5.51. The van der Waals surface area contributed by atoms with Gasteiger partial charge >= 0.3 is 0 Å². The Morgan fingerprint density at radius 2 is 1.13 bits per heavy atom. The number of guanidine groups is 1. The van der Waals surface area contributed by atoms with Crippen LogP contribution in [-0.4, -0.2) is 14.4 Å². The Morgan fingerprint density at radius 1 is 0.645 bits per heavy atom. The van der Waals surface area contributed by atoms with E-state index in [2.05, 4.69) is 8.96 Å². The molecule has 1 heterocycles. The van der Waals surface area contributed by atoms with Crippen molar-refractivity contribution in [3.63, 3.8) is 0 Å². The van der Waals surface area contributed by atoms with Gasteiger partial charge in [0.15, 0.2) is 0 Å². The highest BCUT2D eigenvalue weighted by Crippen LogP contribution is 2.24. The van der Waals surface area contributed by atoms with Crippen LogP contribution in [0, 0.1) is 0 Å². The molecule has 1 aromatic heterocycles. The van der Waals surface area contributed by atoms with Crippen molar-refractivity contribution in [1.29, 1.82) is 0 Å². The van der Waals surface area contributed by atoms with Gasteiger partial charge in [-0.1, -0.05) is 36.4 Å². The molecule has 7 heteroatoms. The van der Waals surface area contributed by atoms with Crippen LogP contribution in [0.3, 0.4) is 0 Å². The summed E-state index contributed by atoms with van der Waals surface area (Å²) >= 11 is 0. The number of nitrogens with two attached hydrogens (primary N) is 2. The minimum Gasteiger partial charge on any atom is -0.369 e. The average molecular weight is 430 g/mol. The van der Waals surface area contributed by atoms with E-state index in [1.165, 1.54) is 12.1 Å². The third-order valence-electron chi connectivity index (χ3n) is 4.75. The predicted molar refractivity (Wildman–Crippen MR) is 122 cm³/mol. The largest absolute Gasteiger partial charge is 0.369 e. The number of pyridine rings is 1. The number of aromatic nitrogens is 1. The smallest absolute Gasteiger partial charge is 0.285 e. The number of hydrogen-bond donors (Lipinski definition) is 2. The summed E-state index contributed by atoms with van der Waals surface area (Å²) in [6.45, 7) is 0. The van der Waals surface area contributed by atoms with Gasteiger partial charge in [-0.3, -0.25) is 0 Å². The lowest BCUT2D eigenvalue weighted by Gasteiger charge is -2.09. The number of hydrogen-bond acceptors (Lipinski definition) is 2. The molecule has 4 rings (SSSR count). The van der Waals surface area contributed by atoms with Crippen molar-refractivity contribution in [1.82, 2.24) is 0 Å². The number of rotatable bonds is 5. The summed E-state index contributed by atoms with van der Waals surface area (Å²) in [7, 11) is -3.95. The van der Waals surface area contributed by atoms with E-state index in [0.29, 0.717) is 0 Å². The van der Waals surface area contributed by atoms with Gasteiger partial charge < -0.3 is 11.5 Å². The molecular weight excluding hydrogens is 408 g/mol. The summed E-state index contributed by atoms with van der Waals surface area (Å²) in [4.78, 5) is 0.0173. The highest BCUT2D eigenvalue weighted by molar-refractivity contribution is 7.90. The molecule has 154 valence electrons. The third kappa shape index (κ3) is 4.31. The molecule has 0 saturated carbocycles. The van der Waals surface area contributed by atoms with Gasteiger partial charge in [0.25, 0.3) is 10.0 Å². The highest BCUT2D eigenvalue weighted by atomic mass is 32.2. The quantitative estimate of drug-likeness (QED) is 0.289. The molecule has 0 aliphatic heterocycles. The van der Waals surface area contributed by atoms with Crippen LogP contribution < -0.4 is 16.0 Å². The zero-order valence-electron chi connectivity index (χ0n) is 16.6. The number of sulfonamides is 1. The lowest BCUT2D eigenvalue weighted by Crippen LogP contribution is -2.36. The summed E-state index contributed by atoms with van der Waals surface area (Å²) in [5.41, 5.74) is 15.3. The molecule has 4 aromatic rings. The van der Waals surface area contributed by atoms with Gasteiger partial charge in [-0.25, -0.2) is 0 Å². The monoisotopic (exact) mass is 429 g/mol. The maximum Gasteiger partial charge on any atom is 0.285 e. The normalized spacial score (nSPS) is 11.1. The standard InChI is InChI=1S/C24H21N4O2S/c25-24(26)27-31(29,30)21-16-14-20(15-17-21)28-22(18-8-3-1-4-9-18)12-7-13-23(28)19-10-5-2-6-11-19/h1-17H,(H4,25,26,27)/q+1. The molecule has 6 nitrogen and oxygen atoms in total. The Labute approximate surface area is 181 Å². The highest BCUT2D eigenvalue weighted by Gasteiger charge is 2.23. The first-order valence-electron chi connectivity index (χ1n) is 9.58. The van der Waals surface area contributed by atoms with Crippen LogP contribution in [0.4, 0.5) is 0 Å². The first-order chi connectivity index (χ1) is 15.0. The van der Waals surface area contributed by atoms with Gasteiger partial charge in [0.05, 0.1) is 4.90 Å².